The molecule has 2 saturated carbocycles. The van der Waals surface area contributed by atoms with Crippen molar-refractivity contribution in [3.05, 3.63) is 0 Å². The first-order chi connectivity index (χ1) is 9.07. The van der Waals surface area contributed by atoms with Crippen LogP contribution >= 0.6 is 0 Å². The van der Waals surface area contributed by atoms with Crippen LogP contribution in [0.5, 0.6) is 0 Å². The summed E-state index contributed by atoms with van der Waals surface area (Å²) in [5, 5.41) is 0. The van der Waals surface area contributed by atoms with Crippen molar-refractivity contribution in [2.45, 2.75) is 81.6 Å². The Balaban J connectivity index is 2.53. The van der Waals surface area contributed by atoms with Crippen LogP contribution in [0, 0.1) is 45.8 Å². The van der Waals surface area contributed by atoms with Crippen molar-refractivity contribution < 1.29 is 0 Å². The highest BCUT2D eigenvalue weighted by Crippen LogP contribution is 2.80. The largest absolute Gasteiger partial charge is 0.0654 e. The predicted molar refractivity (Wildman–Crippen MR) is 89.7 cm³/mol. The number of hydrogen-bond donors (Lipinski definition) is 0. The maximum absolute atomic E-state index is 2.63. The third kappa shape index (κ3) is 1.78. The zero-order chi connectivity index (χ0) is 15.5. The fourth-order valence-corrected chi connectivity index (χ4v) is 7.52. The molecule has 2 rings (SSSR count). The zero-order valence-corrected chi connectivity index (χ0v) is 15.5. The standard InChI is InChI=1S/C20H38/c1-10-11-20(14(4)5)15(6)17(13(2)3)18(7,8)16-12-19(16,20)9/h13-17H,10-12H2,1-9H3. The monoisotopic (exact) mass is 278 g/mol. The summed E-state index contributed by atoms with van der Waals surface area (Å²) in [4.78, 5) is 0. The van der Waals surface area contributed by atoms with E-state index in [0.717, 1.165) is 29.6 Å². The zero-order valence-electron chi connectivity index (χ0n) is 15.5. The summed E-state index contributed by atoms with van der Waals surface area (Å²) in [5.74, 6) is 4.29. The van der Waals surface area contributed by atoms with Crippen LogP contribution in [0.25, 0.3) is 0 Å². The van der Waals surface area contributed by atoms with E-state index in [9.17, 15) is 0 Å². The first kappa shape index (κ1) is 16.4. The van der Waals surface area contributed by atoms with Gasteiger partial charge < -0.3 is 0 Å². The molecule has 0 heterocycles. The van der Waals surface area contributed by atoms with Crippen LogP contribution in [0.3, 0.4) is 0 Å². The summed E-state index contributed by atoms with van der Waals surface area (Å²) in [6.07, 6.45) is 4.25. The van der Waals surface area contributed by atoms with Crippen LogP contribution in [0.1, 0.15) is 81.6 Å². The van der Waals surface area contributed by atoms with Crippen molar-refractivity contribution >= 4 is 0 Å². The fourth-order valence-electron chi connectivity index (χ4n) is 7.52. The van der Waals surface area contributed by atoms with E-state index in [4.69, 9.17) is 0 Å². The maximum atomic E-state index is 2.63. The van der Waals surface area contributed by atoms with E-state index in [1.54, 1.807) is 0 Å². The Morgan fingerprint density at radius 3 is 2.00 bits per heavy atom. The van der Waals surface area contributed by atoms with Gasteiger partial charge in [-0.3, -0.25) is 0 Å². The molecule has 0 radical (unpaired) electrons. The van der Waals surface area contributed by atoms with Gasteiger partial charge in [-0.1, -0.05) is 68.7 Å². The highest BCUT2D eigenvalue weighted by Gasteiger charge is 2.74. The second-order valence-electron chi connectivity index (χ2n) is 9.50. The van der Waals surface area contributed by atoms with Crippen molar-refractivity contribution in [1.29, 1.82) is 0 Å². The first-order valence-electron chi connectivity index (χ1n) is 9.07. The average molecular weight is 279 g/mol. The second-order valence-corrected chi connectivity index (χ2v) is 9.50. The van der Waals surface area contributed by atoms with E-state index >= 15 is 0 Å². The summed E-state index contributed by atoms with van der Waals surface area (Å²) >= 11 is 0. The molecule has 0 aliphatic heterocycles. The van der Waals surface area contributed by atoms with Crippen LogP contribution < -0.4 is 0 Å². The smallest absolute Gasteiger partial charge is 0.0189 e. The summed E-state index contributed by atoms with van der Waals surface area (Å²) in [5.41, 5.74) is 1.69. The van der Waals surface area contributed by atoms with E-state index in [2.05, 4.69) is 62.3 Å². The number of rotatable bonds is 4. The molecule has 0 N–H and O–H groups in total. The maximum Gasteiger partial charge on any atom is -0.0189 e. The number of hydrogen-bond acceptors (Lipinski definition) is 0. The Kier molecular flexibility index (Phi) is 3.89. The molecule has 0 aromatic heterocycles. The molecule has 2 fully saturated rings. The molecular weight excluding hydrogens is 240 g/mol. The Hall–Kier alpha value is 0. The predicted octanol–water partition coefficient (Wildman–Crippen LogP) is 6.40. The van der Waals surface area contributed by atoms with E-state index in [1.807, 2.05) is 0 Å². The van der Waals surface area contributed by atoms with Gasteiger partial charge >= 0.3 is 0 Å². The topological polar surface area (TPSA) is 0 Å². The molecule has 0 nitrogen and oxygen atoms in total. The van der Waals surface area contributed by atoms with Gasteiger partial charge in [0.05, 0.1) is 0 Å². The second kappa shape index (κ2) is 4.75. The van der Waals surface area contributed by atoms with Crippen molar-refractivity contribution in [3.8, 4) is 0 Å². The molecule has 0 bridgehead atoms. The molecule has 0 heteroatoms. The summed E-state index contributed by atoms with van der Waals surface area (Å²) in [7, 11) is 0. The lowest BCUT2D eigenvalue weighted by atomic mass is 9.44. The highest BCUT2D eigenvalue weighted by atomic mass is 14.8. The molecule has 20 heavy (non-hydrogen) atoms. The van der Waals surface area contributed by atoms with Gasteiger partial charge in [-0.2, -0.15) is 0 Å². The van der Waals surface area contributed by atoms with Gasteiger partial charge in [-0.05, 0) is 58.7 Å². The van der Waals surface area contributed by atoms with Crippen LogP contribution in [0.2, 0.25) is 0 Å². The van der Waals surface area contributed by atoms with Crippen LogP contribution in [0.4, 0.5) is 0 Å². The van der Waals surface area contributed by atoms with Gasteiger partial charge in [-0.15, -0.1) is 0 Å². The van der Waals surface area contributed by atoms with Crippen molar-refractivity contribution in [2.24, 2.45) is 45.8 Å². The molecule has 5 atom stereocenters. The molecule has 0 aromatic rings. The van der Waals surface area contributed by atoms with Gasteiger partial charge in [0.15, 0.2) is 0 Å². The third-order valence-corrected chi connectivity index (χ3v) is 7.82. The molecular formula is C20H38. The third-order valence-electron chi connectivity index (χ3n) is 7.82. The Morgan fingerprint density at radius 1 is 1.05 bits per heavy atom. The Labute approximate surface area is 128 Å². The van der Waals surface area contributed by atoms with E-state index in [1.165, 1.54) is 19.3 Å². The van der Waals surface area contributed by atoms with Crippen molar-refractivity contribution in [3.63, 3.8) is 0 Å². The normalized spacial score (nSPS) is 46.6. The Bertz CT molecular complexity index is 364. The lowest BCUT2D eigenvalue weighted by Gasteiger charge is -2.60. The molecule has 0 saturated heterocycles. The van der Waals surface area contributed by atoms with Gasteiger partial charge in [0.1, 0.15) is 0 Å². The van der Waals surface area contributed by atoms with Crippen molar-refractivity contribution in [2.75, 3.05) is 0 Å². The summed E-state index contributed by atoms with van der Waals surface area (Å²) in [6, 6.07) is 0. The molecule has 2 aliphatic rings. The molecule has 0 spiro atoms. The lowest BCUT2D eigenvalue weighted by molar-refractivity contribution is -0.127. The summed E-state index contributed by atoms with van der Waals surface area (Å²) in [6.45, 7) is 22.7. The van der Waals surface area contributed by atoms with Gasteiger partial charge in [0.2, 0.25) is 0 Å². The Morgan fingerprint density at radius 2 is 1.60 bits per heavy atom. The van der Waals surface area contributed by atoms with Crippen LogP contribution in [-0.4, -0.2) is 0 Å². The minimum atomic E-state index is 0.522. The quantitative estimate of drug-likeness (QED) is 0.558. The molecule has 118 valence electrons. The average Bonchev–Trinajstić information content (AvgIpc) is 2.98. The first-order valence-corrected chi connectivity index (χ1v) is 9.07. The van der Waals surface area contributed by atoms with E-state index in [0.29, 0.717) is 16.2 Å². The number of fused-ring (bicyclic) bond motifs is 1. The van der Waals surface area contributed by atoms with Crippen LogP contribution in [0.15, 0.2) is 0 Å². The van der Waals surface area contributed by atoms with Crippen LogP contribution in [-0.2, 0) is 0 Å². The molecule has 0 aromatic carbocycles. The lowest BCUT2D eigenvalue weighted by Crippen LogP contribution is -2.55. The molecule has 5 unspecified atom stereocenters. The van der Waals surface area contributed by atoms with Crippen molar-refractivity contribution in [1.82, 2.24) is 0 Å². The highest BCUT2D eigenvalue weighted by molar-refractivity contribution is 5.22. The van der Waals surface area contributed by atoms with Gasteiger partial charge in [0.25, 0.3) is 0 Å². The van der Waals surface area contributed by atoms with E-state index in [-0.39, 0.29) is 0 Å². The SMILES string of the molecule is CCCC1(C(C)C)C(C)C(C(C)C)C(C)(C)C2CC21C. The minimum Gasteiger partial charge on any atom is -0.0654 e. The van der Waals surface area contributed by atoms with Gasteiger partial charge in [0, 0.05) is 0 Å². The fraction of sp³-hybridized carbons (Fsp3) is 1.00. The van der Waals surface area contributed by atoms with E-state index < -0.39 is 0 Å². The summed E-state index contributed by atoms with van der Waals surface area (Å²) < 4.78 is 0. The van der Waals surface area contributed by atoms with Gasteiger partial charge in [-0.25, -0.2) is 0 Å². The molecule has 0 amide bonds. The minimum absolute atomic E-state index is 0.522. The molecule has 2 aliphatic carbocycles.